The fourth-order valence-electron chi connectivity index (χ4n) is 2.35. The van der Waals surface area contributed by atoms with E-state index in [9.17, 15) is 9.90 Å². The Morgan fingerprint density at radius 1 is 1.45 bits per heavy atom. The van der Waals surface area contributed by atoms with Crippen LogP contribution >= 0.6 is 0 Å². The standard InChI is InChI=1S/C16H24NO3/c1-6-15(19)20-16(3,14-10-8-7-9-11-14)17(4,5)12-13(2)18/h6-11,13,18H,1,12H2,2-5H3/q+1. The third-order valence-corrected chi connectivity index (χ3v) is 3.65. The molecule has 0 saturated carbocycles. The number of likely N-dealkylation sites (N-methyl/N-ethyl adjacent to an activating group) is 1. The van der Waals surface area contributed by atoms with Crippen molar-refractivity contribution in [2.75, 3.05) is 20.6 Å². The fourth-order valence-corrected chi connectivity index (χ4v) is 2.35. The Morgan fingerprint density at radius 3 is 2.45 bits per heavy atom. The maximum absolute atomic E-state index is 11.7. The average Bonchev–Trinajstić information content (AvgIpc) is 2.37. The average molecular weight is 278 g/mol. The van der Waals surface area contributed by atoms with Crippen LogP contribution in [0.1, 0.15) is 19.4 Å². The van der Waals surface area contributed by atoms with E-state index in [-0.39, 0.29) is 0 Å². The molecule has 0 aromatic heterocycles. The Kier molecular flexibility index (Phi) is 5.09. The number of ether oxygens (including phenoxy) is 1. The molecule has 1 aromatic carbocycles. The van der Waals surface area contributed by atoms with E-state index in [0.29, 0.717) is 11.0 Å². The second-order valence-electron chi connectivity index (χ2n) is 5.69. The van der Waals surface area contributed by atoms with Gasteiger partial charge in [-0.15, -0.1) is 0 Å². The first-order valence-corrected chi connectivity index (χ1v) is 6.65. The summed E-state index contributed by atoms with van der Waals surface area (Å²) in [5, 5.41) is 9.71. The quantitative estimate of drug-likeness (QED) is 0.375. The molecule has 2 unspecified atom stereocenters. The first kappa shape index (κ1) is 16.4. The van der Waals surface area contributed by atoms with Crippen LogP contribution in [0, 0.1) is 0 Å². The summed E-state index contributed by atoms with van der Waals surface area (Å²) in [6, 6.07) is 9.54. The summed E-state index contributed by atoms with van der Waals surface area (Å²) in [7, 11) is 3.85. The topological polar surface area (TPSA) is 46.5 Å². The molecule has 0 heterocycles. The Balaban J connectivity index is 3.26. The zero-order valence-electron chi connectivity index (χ0n) is 12.7. The van der Waals surface area contributed by atoms with Crippen molar-refractivity contribution >= 4 is 5.97 Å². The van der Waals surface area contributed by atoms with Gasteiger partial charge >= 0.3 is 5.97 Å². The van der Waals surface area contributed by atoms with Crippen molar-refractivity contribution in [2.24, 2.45) is 0 Å². The summed E-state index contributed by atoms with van der Waals surface area (Å²) >= 11 is 0. The van der Waals surface area contributed by atoms with Gasteiger partial charge in [0.15, 0.2) is 0 Å². The van der Waals surface area contributed by atoms with Gasteiger partial charge in [0.25, 0.3) is 5.72 Å². The Labute approximate surface area is 120 Å². The highest BCUT2D eigenvalue weighted by Crippen LogP contribution is 2.34. The summed E-state index contributed by atoms with van der Waals surface area (Å²) in [6.45, 7) is 7.48. The van der Waals surface area contributed by atoms with Gasteiger partial charge in [-0.05, 0) is 19.1 Å². The molecule has 110 valence electrons. The Morgan fingerprint density at radius 2 is 2.00 bits per heavy atom. The number of quaternary nitrogens is 1. The second kappa shape index (κ2) is 6.20. The molecular formula is C16H24NO3+. The van der Waals surface area contributed by atoms with Crippen molar-refractivity contribution in [2.45, 2.75) is 25.7 Å². The van der Waals surface area contributed by atoms with Crippen molar-refractivity contribution in [1.29, 1.82) is 0 Å². The lowest BCUT2D eigenvalue weighted by molar-refractivity contribution is -0.973. The lowest BCUT2D eigenvalue weighted by Crippen LogP contribution is -2.60. The molecule has 4 nitrogen and oxygen atoms in total. The number of carbonyl (C=O) groups excluding carboxylic acids is 1. The zero-order valence-corrected chi connectivity index (χ0v) is 12.7. The van der Waals surface area contributed by atoms with Crippen LogP contribution in [0.3, 0.4) is 0 Å². The molecular weight excluding hydrogens is 254 g/mol. The normalized spacial score (nSPS) is 16.1. The molecule has 20 heavy (non-hydrogen) atoms. The van der Waals surface area contributed by atoms with Gasteiger partial charge in [-0.3, -0.25) is 4.48 Å². The molecule has 0 aliphatic rings. The number of aliphatic hydroxyl groups excluding tert-OH is 1. The van der Waals surface area contributed by atoms with Crippen LogP contribution in [0.15, 0.2) is 43.0 Å². The number of esters is 1. The smallest absolute Gasteiger partial charge is 0.335 e. The minimum Gasteiger partial charge on any atom is -0.402 e. The minimum atomic E-state index is -0.899. The second-order valence-corrected chi connectivity index (χ2v) is 5.69. The van der Waals surface area contributed by atoms with E-state index in [0.717, 1.165) is 11.6 Å². The number of nitrogens with zero attached hydrogens (tertiary/aromatic N) is 1. The van der Waals surface area contributed by atoms with E-state index in [1.165, 1.54) is 0 Å². The number of benzene rings is 1. The van der Waals surface area contributed by atoms with Crippen LogP contribution in [0.5, 0.6) is 0 Å². The summed E-state index contributed by atoms with van der Waals surface area (Å²) in [5.74, 6) is -0.479. The summed E-state index contributed by atoms with van der Waals surface area (Å²) in [4.78, 5) is 11.7. The first-order valence-electron chi connectivity index (χ1n) is 6.65. The predicted molar refractivity (Wildman–Crippen MR) is 78.7 cm³/mol. The highest BCUT2D eigenvalue weighted by molar-refractivity contribution is 5.81. The molecule has 0 bridgehead atoms. The van der Waals surface area contributed by atoms with Crippen LogP contribution in [-0.4, -0.2) is 42.3 Å². The number of rotatable bonds is 6. The van der Waals surface area contributed by atoms with Gasteiger partial charge in [0, 0.05) is 13.0 Å². The predicted octanol–water partition coefficient (Wildman–Crippen LogP) is 2.05. The molecule has 2 atom stereocenters. The molecule has 0 fully saturated rings. The lowest BCUT2D eigenvalue weighted by Gasteiger charge is -2.45. The van der Waals surface area contributed by atoms with Gasteiger partial charge in [-0.2, -0.15) is 0 Å². The van der Waals surface area contributed by atoms with Crippen LogP contribution in [-0.2, 0) is 15.3 Å². The Hall–Kier alpha value is -1.65. The molecule has 0 spiro atoms. The van der Waals surface area contributed by atoms with E-state index >= 15 is 0 Å². The van der Waals surface area contributed by atoms with Crippen LogP contribution in [0.4, 0.5) is 0 Å². The van der Waals surface area contributed by atoms with Crippen LogP contribution in [0.25, 0.3) is 0 Å². The molecule has 1 aromatic rings. The van der Waals surface area contributed by atoms with Gasteiger partial charge in [0.05, 0.1) is 19.7 Å². The largest absolute Gasteiger partial charge is 0.402 e. The van der Waals surface area contributed by atoms with E-state index in [1.54, 1.807) is 6.92 Å². The molecule has 0 aliphatic carbocycles. The van der Waals surface area contributed by atoms with Gasteiger partial charge in [0.1, 0.15) is 12.6 Å². The third kappa shape index (κ3) is 3.46. The molecule has 0 aliphatic heterocycles. The number of carbonyl (C=O) groups is 1. The maximum Gasteiger partial charge on any atom is 0.335 e. The molecule has 1 N–H and O–H groups in total. The van der Waals surface area contributed by atoms with Crippen LogP contribution < -0.4 is 0 Å². The molecule has 0 radical (unpaired) electrons. The van der Waals surface area contributed by atoms with Gasteiger partial charge in [-0.1, -0.05) is 24.8 Å². The number of hydrogen-bond donors (Lipinski definition) is 1. The molecule has 1 rings (SSSR count). The minimum absolute atomic E-state index is 0.314. The maximum atomic E-state index is 11.7. The Bertz CT molecular complexity index is 468. The van der Waals surface area contributed by atoms with E-state index < -0.39 is 17.8 Å². The van der Waals surface area contributed by atoms with Gasteiger partial charge < -0.3 is 9.84 Å². The summed E-state index contributed by atoms with van der Waals surface area (Å²) in [6.07, 6.45) is 0.652. The SMILES string of the molecule is C=CC(=O)OC(C)(c1ccccc1)[N+](C)(C)CC(C)O. The van der Waals surface area contributed by atoms with Crippen molar-refractivity contribution in [3.8, 4) is 0 Å². The number of hydrogen-bond acceptors (Lipinski definition) is 3. The summed E-state index contributed by atoms with van der Waals surface area (Å²) < 4.78 is 5.96. The zero-order chi connectivity index (χ0) is 15.4. The van der Waals surface area contributed by atoms with E-state index in [1.807, 2.05) is 51.4 Å². The molecule has 0 saturated heterocycles. The van der Waals surface area contributed by atoms with Crippen molar-refractivity contribution in [3.05, 3.63) is 48.6 Å². The van der Waals surface area contributed by atoms with Crippen molar-refractivity contribution < 1.29 is 19.1 Å². The van der Waals surface area contributed by atoms with Gasteiger partial charge in [0.2, 0.25) is 0 Å². The number of aliphatic hydroxyl groups is 1. The first-order chi connectivity index (χ1) is 9.23. The van der Waals surface area contributed by atoms with Crippen molar-refractivity contribution in [1.82, 2.24) is 0 Å². The molecule has 4 heteroatoms. The van der Waals surface area contributed by atoms with Crippen molar-refractivity contribution in [3.63, 3.8) is 0 Å². The third-order valence-electron chi connectivity index (χ3n) is 3.65. The van der Waals surface area contributed by atoms with Crippen LogP contribution in [0.2, 0.25) is 0 Å². The lowest BCUT2D eigenvalue weighted by atomic mass is 10.00. The molecule has 0 amide bonds. The van der Waals surface area contributed by atoms with Gasteiger partial charge in [-0.25, -0.2) is 4.79 Å². The highest BCUT2D eigenvalue weighted by atomic mass is 16.6. The van der Waals surface area contributed by atoms with E-state index in [2.05, 4.69) is 6.58 Å². The summed E-state index contributed by atoms with van der Waals surface area (Å²) in [5.41, 5.74) is -0.0235. The fraction of sp³-hybridized carbons (Fsp3) is 0.438. The highest BCUT2D eigenvalue weighted by Gasteiger charge is 2.46. The monoisotopic (exact) mass is 278 g/mol. The van der Waals surface area contributed by atoms with E-state index in [4.69, 9.17) is 4.74 Å².